The molecule has 0 unspecified atom stereocenters. The topological polar surface area (TPSA) is 74.8 Å². The van der Waals surface area contributed by atoms with E-state index in [1.165, 1.54) is 0 Å². The number of hydrogen-bond acceptors (Lipinski definition) is 5. The molecule has 0 atom stereocenters. The number of nitrogens with one attached hydrogen (secondary N) is 1. The number of piperazine rings is 1. The van der Waals surface area contributed by atoms with Crippen molar-refractivity contribution in [2.45, 2.75) is 6.92 Å². The normalized spacial score (nSPS) is 13.6. The van der Waals surface area contributed by atoms with E-state index in [9.17, 15) is 9.59 Å². The lowest BCUT2D eigenvalue weighted by atomic mass is 10.1. The van der Waals surface area contributed by atoms with E-state index in [-0.39, 0.29) is 11.8 Å². The highest BCUT2D eigenvalue weighted by Gasteiger charge is 2.22. The van der Waals surface area contributed by atoms with Crippen LogP contribution in [0.1, 0.15) is 26.3 Å². The average molecular weight is 431 g/mol. The summed E-state index contributed by atoms with van der Waals surface area (Å²) >= 11 is 0. The molecule has 7 nitrogen and oxygen atoms in total. The van der Waals surface area contributed by atoms with Crippen LogP contribution in [0.3, 0.4) is 0 Å². The maximum Gasteiger partial charge on any atom is 0.255 e. The standard InChI is InChI=1S/C25H26N4O3/c1-18-3-5-20(6-4-18)25(31)29-15-13-28(14-16-29)23-12-9-21(17-26-23)27-24(30)19-7-10-22(32-2)11-8-19/h3-12,17H,13-16H2,1-2H3,(H,27,30). The number of methoxy groups -OCH3 is 1. The molecule has 0 aliphatic carbocycles. The van der Waals surface area contributed by atoms with Gasteiger partial charge in [-0.05, 0) is 55.5 Å². The lowest BCUT2D eigenvalue weighted by Crippen LogP contribution is -2.49. The Bertz CT molecular complexity index is 1070. The van der Waals surface area contributed by atoms with Crippen molar-refractivity contribution in [1.82, 2.24) is 9.88 Å². The largest absolute Gasteiger partial charge is 0.497 e. The van der Waals surface area contributed by atoms with Crippen LogP contribution in [0.2, 0.25) is 0 Å². The molecule has 7 heteroatoms. The Hall–Kier alpha value is -3.87. The molecule has 0 saturated carbocycles. The first-order valence-electron chi connectivity index (χ1n) is 10.6. The third-order valence-electron chi connectivity index (χ3n) is 5.55. The summed E-state index contributed by atoms with van der Waals surface area (Å²) in [5.74, 6) is 1.39. The molecule has 2 aromatic carbocycles. The molecule has 2 amide bonds. The molecule has 0 spiro atoms. The van der Waals surface area contributed by atoms with Gasteiger partial charge in [0.2, 0.25) is 0 Å². The van der Waals surface area contributed by atoms with Gasteiger partial charge in [-0.15, -0.1) is 0 Å². The van der Waals surface area contributed by atoms with Crippen molar-refractivity contribution in [1.29, 1.82) is 0 Å². The predicted octanol–water partition coefficient (Wildman–Crippen LogP) is 3.61. The Kier molecular flexibility index (Phi) is 6.35. The number of nitrogens with zero attached hydrogens (tertiary/aromatic N) is 3. The highest BCUT2D eigenvalue weighted by molar-refractivity contribution is 6.04. The number of rotatable bonds is 5. The van der Waals surface area contributed by atoms with Gasteiger partial charge in [-0.2, -0.15) is 0 Å². The lowest BCUT2D eigenvalue weighted by molar-refractivity contribution is 0.0746. The van der Waals surface area contributed by atoms with Crippen molar-refractivity contribution < 1.29 is 14.3 Å². The summed E-state index contributed by atoms with van der Waals surface area (Å²) in [6, 6.07) is 18.3. The third kappa shape index (κ3) is 4.88. The number of ether oxygens (including phenoxy) is 1. The van der Waals surface area contributed by atoms with Crippen LogP contribution in [-0.2, 0) is 0 Å². The van der Waals surface area contributed by atoms with Gasteiger partial charge in [-0.3, -0.25) is 9.59 Å². The molecule has 0 radical (unpaired) electrons. The minimum Gasteiger partial charge on any atom is -0.497 e. The number of amides is 2. The van der Waals surface area contributed by atoms with Crippen molar-refractivity contribution >= 4 is 23.3 Å². The molecule has 0 bridgehead atoms. The summed E-state index contributed by atoms with van der Waals surface area (Å²) in [7, 11) is 1.59. The zero-order valence-electron chi connectivity index (χ0n) is 18.2. The number of aromatic nitrogens is 1. The van der Waals surface area contributed by atoms with Gasteiger partial charge >= 0.3 is 0 Å². The zero-order chi connectivity index (χ0) is 22.5. The van der Waals surface area contributed by atoms with Crippen LogP contribution in [0.4, 0.5) is 11.5 Å². The van der Waals surface area contributed by atoms with E-state index in [2.05, 4.69) is 15.2 Å². The first kappa shape index (κ1) is 21.4. The smallest absolute Gasteiger partial charge is 0.255 e. The first-order chi connectivity index (χ1) is 15.5. The number of aryl methyl sites for hydroxylation is 1. The fraction of sp³-hybridized carbons (Fsp3) is 0.240. The molecule has 2 heterocycles. The Morgan fingerprint density at radius 2 is 1.53 bits per heavy atom. The van der Waals surface area contributed by atoms with E-state index in [1.807, 2.05) is 48.2 Å². The molecule has 164 valence electrons. The number of hydrogen-bond donors (Lipinski definition) is 1. The maximum atomic E-state index is 12.7. The van der Waals surface area contributed by atoms with Gasteiger partial charge in [0.05, 0.1) is 19.0 Å². The average Bonchev–Trinajstić information content (AvgIpc) is 2.85. The Labute approximate surface area is 187 Å². The molecular weight excluding hydrogens is 404 g/mol. The minimum atomic E-state index is -0.203. The van der Waals surface area contributed by atoms with Crippen LogP contribution < -0.4 is 15.0 Å². The monoisotopic (exact) mass is 430 g/mol. The Morgan fingerprint density at radius 3 is 2.12 bits per heavy atom. The third-order valence-corrected chi connectivity index (χ3v) is 5.55. The van der Waals surface area contributed by atoms with Gasteiger partial charge < -0.3 is 19.9 Å². The van der Waals surface area contributed by atoms with Gasteiger partial charge in [0.25, 0.3) is 11.8 Å². The highest BCUT2D eigenvalue weighted by atomic mass is 16.5. The maximum absolute atomic E-state index is 12.7. The highest BCUT2D eigenvalue weighted by Crippen LogP contribution is 2.19. The van der Waals surface area contributed by atoms with Gasteiger partial charge in [0.1, 0.15) is 11.6 Å². The van der Waals surface area contributed by atoms with Crippen molar-refractivity contribution in [2.75, 3.05) is 43.5 Å². The molecule has 1 aromatic heterocycles. The second kappa shape index (κ2) is 9.51. The summed E-state index contributed by atoms with van der Waals surface area (Å²) in [6.07, 6.45) is 1.65. The van der Waals surface area contributed by atoms with E-state index in [4.69, 9.17) is 4.74 Å². The van der Waals surface area contributed by atoms with Crippen LogP contribution in [-0.4, -0.2) is 55.0 Å². The van der Waals surface area contributed by atoms with Crippen LogP contribution in [0, 0.1) is 6.92 Å². The van der Waals surface area contributed by atoms with Crippen LogP contribution in [0.5, 0.6) is 5.75 Å². The molecule has 1 saturated heterocycles. The van der Waals surface area contributed by atoms with Crippen molar-refractivity contribution in [2.24, 2.45) is 0 Å². The lowest BCUT2D eigenvalue weighted by Gasteiger charge is -2.35. The van der Waals surface area contributed by atoms with E-state index in [0.717, 1.165) is 16.9 Å². The molecule has 1 aliphatic rings. The molecule has 3 aromatic rings. The summed E-state index contributed by atoms with van der Waals surface area (Å²) < 4.78 is 5.12. The number of anilines is 2. The van der Waals surface area contributed by atoms with Crippen molar-refractivity contribution in [3.8, 4) is 5.75 Å². The number of benzene rings is 2. The predicted molar refractivity (Wildman–Crippen MR) is 124 cm³/mol. The summed E-state index contributed by atoms with van der Waals surface area (Å²) in [5, 5.41) is 2.86. The van der Waals surface area contributed by atoms with Crippen LogP contribution in [0.25, 0.3) is 0 Å². The fourth-order valence-corrected chi connectivity index (χ4v) is 3.61. The van der Waals surface area contributed by atoms with Gasteiger partial charge in [0.15, 0.2) is 0 Å². The quantitative estimate of drug-likeness (QED) is 0.669. The molecular formula is C25H26N4O3. The molecule has 1 fully saturated rings. The van der Waals surface area contributed by atoms with Gasteiger partial charge in [-0.25, -0.2) is 4.98 Å². The minimum absolute atomic E-state index is 0.0641. The zero-order valence-corrected chi connectivity index (χ0v) is 18.2. The fourth-order valence-electron chi connectivity index (χ4n) is 3.61. The Balaban J connectivity index is 1.32. The van der Waals surface area contributed by atoms with E-state index < -0.39 is 0 Å². The van der Waals surface area contributed by atoms with E-state index in [1.54, 1.807) is 37.6 Å². The van der Waals surface area contributed by atoms with E-state index >= 15 is 0 Å². The second-order valence-electron chi connectivity index (χ2n) is 7.73. The SMILES string of the molecule is COc1ccc(C(=O)Nc2ccc(N3CCN(C(=O)c4ccc(C)cc4)CC3)nc2)cc1. The van der Waals surface area contributed by atoms with Gasteiger partial charge in [0, 0.05) is 37.3 Å². The van der Waals surface area contributed by atoms with Crippen LogP contribution in [0.15, 0.2) is 66.9 Å². The Morgan fingerprint density at radius 1 is 0.875 bits per heavy atom. The molecule has 1 N–H and O–H groups in total. The number of pyridine rings is 1. The molecule has 1 aliphatic heterocycles. The number of carbonyl (C=O) groups excluding carboxylic acids is 2. The second-order valence-corrected chi connectivity index (χ2v) is 7.73. The van der Waals surface area contributed by atoms with Gasteiger partial charge in [-0.1, -0.05) is 17.7 Å². The molecule has 32 heavy (non-hydrogen) atoms. The summed E-state index contributed by atoms with van der Waals surface area (Å²) in [6.45, 7) is 4.72. The summed E-state index contributed by atoms with van der Waals surface area (Å²) in [4.78, 5) is 33.6. The molecule has 4 rings (SSSR count). The van der Waals surface area contributed by atoms with E-state index in [0.29, 0.717) is 43.2 Å². The van der Waals surface area contributed by atoms with Crippen LogP contribution >= 0.6 is 0 Å². The summed E-state index contributed by atoms with van der Waals surface area (Å²) in [5.41, 5.74) is 3.03. The number of carbonyl (C=O) groups is 2. The van der Waals surface area contributed by atoms with Crippen molar-refractivity contribution in [3.05, 3.63) is 83.6 Å². The first-order valence-corrected chi connectivity index (χ1v) is 10.6. The van der Waals surface area contributed by atoms with Crippen molar-refractivity contribution in [3.63, 3.8) is 0 Å².